The van der Waals surface area contributed by atoms with Crippen LogP contribution in [-0.2, 0) is 10.5 Å². The van der Waals surface area contributed by atoms with Gasteiger partial charge in [0.05, 0.1) is 11.3 Å². The largest absolute Gasteiger partial charge is 0.349 e. The predicted molar refractivity (Wildman–Crippen MR) is 86.0 cm³/mol. The number of thioether (sulfide) groups is 1. The number of amides is 1. The van der Waals surface area contributed by atoms with Crippen molar-refractivity contribution in [3.63, 3.8) is 0 Å². The predicted octanol–water partition coefficient (Wildman–Crippen LogP) is 2.96. The van der Waals surface area contributed by atoms with Crippen LogP contribution in [0.25, 0.3) is 0 Å². The van der Waals surface area contributed by atoms with Crippen LogP contribution in [0.3, 0.4) is 0 Å². The van der Waals surface area contributed by atoms with Gasteiger partial charge in [0.2, 0.25) is 5.91 Å². The maximum Gasteiger partial charge on any atom is 0.230 e. The molecule has 0 unspecified atom stereocenters. The molecule has 1 aromatic rings. The quantitative estimate of drug-likeness (QED) is 0.849. The molecule has 2 rings (SSSR count). The fraction of sp³-hybridized carbons (Fsp3) is 0.533. The molecule has 3 N–H and O–H groups in total. The lowest BCUT2D eigenvalue weighted by Gasteiger charge is -2.28. The number of carbonyl (C=O) groups excluding carboxylic acids is 1. The van der Waals surface area contributed by atoms with Gasteiger partial charge in [-0.05, 0) is 30.5 Å². The number of carbonyl (C=O) groups is 1. The van der Waals surface area contributed by atoms with Crippen molar-refractivity contribution in [2.24, 2.45) is 5.73 Å². The fourth-order valence-corrected chi connectivity index (χ4v) is 3.64. The number of nitrogens with one attached hydrogen (secondary N) is 1. The first-order chi connectivity index (χ1) is 9.63. The van der Waals surface area contributed by atoms with Gasteiger partial charge in [-0.1, -0.05) is 36.6 Å². The van der Waals surface area contributed by atoms with E-state index in [4.69, 9.17) is 17.3 Å². The summed E-state index contributed by atoms with van der Waals surface area (Å²) in [4.78, 5) is 12.0. The van der Waals surface area contributed by atoms with Gasteiger partial charge >= 0.3 is 0 Å². The third kappa shape index (κ3) is 4.40. The second-order valence-electron chi connectivity index (χ2n) is 5.36. The van der Waals surface area contributed by atoms with Gasteiger partial charge in [-0.25, -0.2) is 0 Å². The van der Waals surface area contributed by atoms with Crippen molar-refractivity contribution < 1.29 is 4.79 Å². The van der Waals surface area contributed by atoms with Crippen LogP contribution in [0.5, 0.6) is 0 Å². The summed E-state index contributed by atoms with van der Waals surface area (Å²) in [5.41, 5.74) is 6.82. The van der Waals surface area contributed by atoms with E-state index in [0.29, 0.717) is 12.3 Å². The number of hydrogen-bond donors (Lipinski definition) is 2. The van der Waals surface area contributed by atoms with Crippen LogP contribution in [0, 0.1) is 0 Å². The van der Waals surface area contributed by atoms with Crippen molar-refractivity contribution in [3.05, 3.63) is 34.9 Å². The van der Waals surface area contributed by atoms with Gasteiger partial charge in [0.25, 0.3) is 0 Å². The van der Waals surface area contributed by atoms with E-state index in [1.165, 1.54) is 0 Å². The molecule has 0 heterocycles. The molecule has 1 fully saturated rings. The average molecular weight is 313 g/mol. The Labute approximate surface area is 129 Å². The van der Waals surface area contributed by atoms with Crippen molar-refractivity contribution >= 4 is 29.3 Å². The van der Waals surface area contributed by atoms with Gasteiger partial charge in [0.1, 0.15) is 0 Å². The average Bonchev–Trinajstić information content (AvgIpc) is 2.88. The van der Waals surface area contributed by atoms with Crippen molar-refractivity contribution in [1.29, 1.82) is 0 Å². The minimum atomic E-state index is -0.145. The Kier molecular flexibility index (Phi) is 5.75. The Morgan fingerprint density at radius 3 is 2.80 bits per heavy atom. The van der Waals surface area contributed by atoms with Gasteiger partial charge in [-0.3, -0.25) is 4.79 Å². The first-order valence-electron chi connectivity index (χ1n) is 6.97. The highest BCUT2D eigenvalue weighted by molar-refractivity contribution is 7.99. The molecule has 3 nitrogen and oxygen atoms in total. The van der Waals surface area contributed by atoms with Gasteiger partial charge in [0.15, 0.2) is 0 Å². The summed E-state index contributed by atoms with van der Waals surface area (Å²) < 4.78 is 0. The van der Waals surface area contributed by atoms with E-state index in [2.05, 4.69) is 5.32 Å². The highest BCUT2D eigenvalue weighted by Gasteiger charge is 2.33. The second-order valence-corrected chi connectivity index (χ2v) is 6.78. The topological polar surface area (TPSA) is 55.1 Å². The summed E-state index contributed by atoms with van der Waals surface area (Å²) in [7, 11) is 0. The van der Waals surface area contributed by atoms with Gasteiger partial charge in [0, 0.05) is 17.3 Å². The minimum absolute atomic E-state index is 0.0874. The second kappa shape index (κ2) is 7.34. The zero-order chi connectivity index (χ0) is 14.4. The molecule has 110 valence electrons. The lowest BCUT2D eigenvalue weighted by atomic mass is 9.98. The third-order valence-corrected chi connectivity index (χ3v) is 4.99. The molecule has 1 aliphatic carbocycles. The van der Waals surface area contributed by atoms with Crippen LogP contribution in [0.1, 0.15) is 31.2 Å². The lowest BCUT2D eigenvalue weighted by Crippen LogP contribution is -2.52. The van der Waals surface area contributed by atoms with Crippen LogP contribution in [0.4, 0.5) is 0 Å². The molecule has 0 aliphatic heterocycles. The Hall–Kier alpha value is -0.710. The SMILES string of the molecule is NCC1(NC(=O)CSCc2cccc(Cl)c2)CCCC1. The van der Waals surface area contributed by atoms with Crippen molar-refractivity contribution in [1.82, 2.24) is 5.32 Å². The summed E-state index contributed by atoms with van der Waals surface area (Å²) in [5, 5.41) is 3.87. The Morgan fingerprint density at radius 2 is 2.15 bits per heavy atom. The van der Waals surface area contributed by atoms with Crippen LogP contribution in [-0.4, -0.2) is 23.7 Å². The Balaban J connectivity index is 1.75. The van der Waals surface area contributed by atoms with Crippen LogP contribution < -0.4 is 11.1 Å². The highest BCUT2D eigenvalue weighted by atomic mass is 35.5. The number of halogens is 1. The van der Waals surface area contributed by atoms with Crippen LogP contribution in [0.15, 0.2) is 24.3 Å². The molecule has 1 saturated carbocycles. The first kappa shape index (κ1) is 15.7. The number of hydrogen-bond acceptors (Lipinski definition) is 3. The first-order valence-corrected chi connectivity index (χ1v) is 8.50. The summed E-state index contributed by atoms with van der Waals surface area (Å²) in [6.07, 6.45) is 4.34. The number of benzene rings is 1. The maximum atomic E-state index is 12.0. The smallest absolute Gasteiger partial charge is 0.230 e. The molecule has 5 heteroatoms. The monoisotopic (exact) mass is 312 g/mol. The molecular weight excluding hydrogens is 292 g/mol. The molecule has 20 heavy (non-hydrogen) atoms. The minimum Gasteiger partial charge on any atom is -0.349 e. The molecule has 0 atom stereocenters. The molecule has 0 radical (unpaired) electrons. The molecule has 0 saturated heterocycles. The normalized spacial score (nSPS) is 17.1. The van der Waals surface area contributed by atoms with E-state index in [1.807, 2.05) is 24.3 Å². The fourth-order valence-electron chi connectivity index (χ4n) is 2.65. The number of rotatable bonds is 6. The van der Waals surface area contributed by atoms with Gasteiger partial charge in [-0.15, -0.1) is 11.8 Å². The Bertz CT molecular complexity index is 461. The van der Waals surface area contributed by atoms with Gasteiger partial charge < -0.3 is 11.1 Å². The number of nitrogens with two attached hydrogens (primary N) is 1. The van der Waals surface area contributed by atoms with Gasteiger partial charge in [-0.2, -0.15) is 0 Å². The van der Waals surface area contributed by atoms with E-state index < -0.39 is 0 Å². The molecule has 1 aromatic carbocycles. The third-order valence-electron chi connectivity index (χ3n) is 3.75. The molecule has 0 bridgehead atoms. The van der Waals surface area contributed by atoms with E-state index >= 15 is 0 Å². The summed E-state index contributed by atoms with van der Waals surface area (Å²) in [6, 6.07) is 7.74. The summed E-state index contributed by atoms with van der Waals surface area (Å²) in [5.74, 6) is 1.35. The molecule has 0 aromatic heterocycles. The van der Waals surface area contributed by atoms with E-state index in [9.17, 15) is 4.79 Å². The van der Waals surface area contributed by atoms with Crippen molar-refractivity contribution in [2.45, 2.75) is 37.0 Å². The van der Waals surface area contributed by atoms with E-state index in [1.54, 1.807) is 11.8 Å². The summed E-state index contributed by atoms with van der Waals surface area (Å²) in [6.45, 7) is 0.539. The maximum absolute atomic E-state index is 12.0. The zero-order valence-electron chi connectivity index (χ0n) is 11.5. The van der Waals surface area contributed by atoms with Crippen molar-refractivity contribution in [3.8, 4) is 0 Å². The Morgan fingerprint density at radius 1 is 1.40 bits per heavy atom. The van der Waals surface area contributed by atoms with E-state index in [-0.39, 0.29) is 11.4 Å². The summed E-state index contributed by atoms with van der Waals surface area (Å²) >= 11 is 7.54. The molecular formula is C15H21ClN2OS. The van der Waals surface area contributed by atoms with Crippen LogP contribution in [0.2, 0.25) is 5.02 Å². The lowest BCUT2D eigenvalue weighted by molar-refractivity contribution is -0.120. The van der Waals surface area contributed by atoms with E-state index in [0.717, 1.165) is 42.0 Å². The highest BCUT2D eigenvalue weighted by Crippen LogP contribution is 2.28. The molecule has 1 aliphatic rings. The molecule has 0 spiro atoms. The van der Waals surface area contributed by atoms with Crippen molar-refractivity contribution in [2.75, 3.05) is 12.3 Å². The zero-order valence-corrected chi connectivity index (χ0v) is 13.1. The molecule has 1 amide bonds. The standard InChI is InChI=1S/C15H21ClN2OS/c16-13-5-3-4-12(8-13)9-20-10-14(19)18-15(11-17)6-1-2-7-15/h3-5,8H,1-2,6-7,9-11,17H2,(H,18,19). The van der Waals surface area contributed by atoms with Crippen LogP contribution >= 0.6 is 23.4 Å².